The molecule has 2 heterocycles. The molecule has 116 valence electrons. The van der Waals surface area contributed by atoms with Crippen molar-refractivity contribution < 1.29 is 4.79 Å². The Kier molecular flexibility index (Phi) is 3.70. The summed E-state index contributed by atoms with van der Waals surface area (Å²) in [4.78, 5) is 20.9. The highest BCUT2D eigenvalue weighted by molar-refractivity contribution is 5.94. The summed E-state index contributed by atoms with van der Waals surface area (Å²) in [5, 5.41) is 0. The van der Waals surface area contributed by atoms with Gasteiger partial charge in [-0.15, -0.1) is 0 Å². The summed E-state index contributed by atoms with van der Waals surface area (Å²) < 4.78 is 0. The maximum atomic E-state index is 12.4. The zero-order valence-corrected chi connectivity index (χ0v) is 12.9. The van der Waals surface area contributed by atoms with Crippen LogP contribution in [0.3, 0.4) is 0 Å². The number of piperazine rings is 1. The minimum atomic E-state index is 0.143. The number of allylic oxidation sites excluding steroid dienone is 2. The van der Waals surface area contributed by atoms with E-state index in [0.29, 0.717) is 0 Å². The zero-order chi connectivity index (χ0) is 14.9. The van der Waals surface area contributed by atoms with Crippen LogP contribution in [0.15, 0.2) is 36.7 Å². The lowest BCUT2D eigenvalue weighted by Gasteiger charge is -2.37. The lowest BCUT2D eigenvalue weighted by atomic mass is 9.93. The number of carbonyl (C=O) groups is 1. The van der Waals surface area contributed by atoms with Gasteiger partial charge in [-0.05, 0) is 42.7 Å². The van der Waals surface area contributed by atoms with Crippen LogP contribution in [0.25, 0.3) is 0 Å². The smallest absolute Gasteiger partial charge is 0.254 e. The second-order valence-electron chi connectivity index (χ2n) is 6.87. The highest BCUT2D eigenvalue weighted by atomic mass is 16.2. The molecule has 2 bridgehead atoms. The van der Waals surface area contributed by atoms with Gasteiger partial charge in [-0.3, -0.25) is 14.7 Å². The molecule has 1 saturated heterocycles. The third-order valence-corrected chi connectivity index (χ3v) is 5.50. The van der Waals surface area contributed by atoms with Gasteiger partial charge in [-0.2, -0.15) is 0 Å². The fourth-order valence-corrected chi connectivity index (χ4v) is 4.25. The molecule has 2 fully saturated rings. The highest BCUT2D eigenvalue weighted by Crippen LogP contribution is 2.43. The first-order valence-corrected chi connectivity index (χ1v) is 8.39. The molecule has 3 aliphatic rings. The van der Waals surface area contributed by atoms with Crippen molar-refractivity contribution in [2.75, 3.05) is 32.7 Å². The summed E-state index contributed by atoms with van der Waals surface area (Å²) in [5.41, 5.74) is 0.752. The Balaban J connectivity index is 1.29. The van der Waals surface area contributed by atoms with Crippen molar-refractivity contribution in [1.82, 2.24) is 14.8 Å². The van der Waals surface area contributed by atoms with Gasteiger partial charge in [0, 0.05) is 50.7 Å². The highest BCUT2D eigenvalue weighted by Gasteiger charge is 2.36. The topological polar surface area (TPSA) is 36.4 Å². The first-order valence-electron chi connectivity index (χ1n) is 8.39. The Morgan fingerprint density at radius 3 is 2.50 bits per heavy atom. The molecule has 0 spiro atoms. The van der Waals surface area contributed by atoms with Gasteiger partial charge in [0.2, 0.25) is 0 Å². The molecule has 1 aromatic rings. The van der Waals surface area contributed by atoms with E-state index in [1.807, 2.05) is 4.90 Å². The van der Waals surface area contributed by atoms with Crippen LogP contribution < -0.4 is 0 Å². The van der Waals surface area contributed by atoms with Gasteiger partial charge in [0.1, 0.15) is 0 Å². The van der Waals surface area contributed by atoms with Gasteiger partial charge in [0.25, 0.3) is 5.91 Å². The van der Waals surface area contributed by atoms with Gasteiger partial charge in [0.05, 0.1) is 0 Å². The SMILES string of the molecule is O=C(c1ccncc1)N1CCN(C[C@@H]2C[C@@H]3C=C[C@H]2C3)CC1. The predicted molar refractivity (Wildman–Crippen MR) is 85.4 cm³/mol. The monoisotopic (exact) mass is 297 g/mol. The van der Waals surface area contributed by atoms with E-state index in [4.69, 9.17) is 0 Å². The van der Waals surface area contributed by atoms with Gasteiger partial charge < -0.3 is 4.90 Å². The fraction of sp³-hybridized carbons (Fsp3) is 0.556. The lowest BCUT2D eigenvalue weighted by Crippen LogP contribution is -2.50. The van der Waals surface area contributed by atoms with Gasteiger partial charge in [-0.1, -0.05) is 12.2 Å². The number of carbonyl (C=O) groups excluding carboxylic acids is 1. The number of rotatable bonds is 3. The zero-order valence-electron chi connectivity index (χ0n) is 12.9. The Labute approximate surface area is 131 Å². The van der Waals surface area contributed by atoms with Crippen molar-refractivity contribution in [3.05, 3.63) is 42.2 Å². The molecule has 4 nitrogen and oxygen atoms in total. The van der Waals surface area contributed by atoms with Gasteiger partial charge in [-0.25, -0.2) is 0 Å². The number of hydrogen-bond acceptors (Lipinski definition) is 3. The van der Waals surface area contributed by atoms with E-state index in [-0.39, 0.29) is 5.91 Å². The van der Waals surface area contributed by atoms with Crippen LogP contribution in [0.2, 0.25) is 0 Å². The summed E-state index contributed by atoms with van der Waals surface area (Å²) in [7, 11) is 0. The summed E-state index contributed by atoms with van der Waals surface area (Å²) in [5.74, 6) is 2.66. The van der Waals surface area contributed by atoms with E-state index in [1.165, 1.54) is 19.4 Å². The second kappa shape index (κ2) is 5.84. The molecule has 22 heavy (non-hydrogen) atoms. The van der Waals surface area contributed by atoms with Crippen LogP contribution in [-0.2, 0) is 0 Å². The molecule has 3 atom stereocenters. The van der Waals surface area contributed by atoms with E-state index in [9.17, 15) is 4.79 Å². The normalized spacial score (nSPS) is 30.9. The van der Waals surface area contributed by atoms with Crippen LogP contribution >= 0.6 is 0 Å². The number of fused-ring (bicyclic) bond motifs is 2. The number of hydrogen-bond donors (Lipinski definition) is 0. The third-order valence-electron chi connectivity index (χ3n) is 5.50. The number of nitrogens with zero attached hydrogens (tertiary/aromatic N) is 3. The van der Waals surface area contributed by atoms with E-state index in [1.54, 1.807) is 24.5 Å². The van der Waals surface area contributed by atoms with Crippen molar-refractivity contribution in [2.24, 2.45) is 17.8 Å². The second-order valence-corrected chi connectivity index (χ2v) is 6.87. The first kappa shape index (κ1) is 13.9. The lowest BCUT2D eigenvalue weighted by molar-refractivity contribution is 0.0610. The molecule has 1 aromatic heterocycles. The molecule has 0 N–H and O–H groups in total. The molecular weight excluding hydrogens is 274 g/mol. The summed E-state index contributed by atoms with van der Waals surface area (Å²) in [6.45, 7) is 4.92. The summed E-state index contributed by atoms with van der Waals surface area (Å²) in [6, 6.07) is 3.60. The first-order chi connectivity index (χ1) is 10.8. The molecule has 1 aliphatic heterocycles. The minimum Gasteiger partial charge on any atom is -0.336 e. The quantitative estimate of drug-likeness (QED) is 0.801. The average molecular weight is 297 g/mol. The molecule has 4 rings (SSSR count). The molecule has 0 aromatic carbocycles. The van der Waals surface area contributed by atoms with Crippen LogP contribution in [0.4, 0.5) is 0 Å². The molecule has 0 unspecified atom stereocenters. The maximum Gasteiger partial charge on any atom is 0.254 e. The number of pyridine rings is 1. The van der Waals surface area contributed by atoms with Gasteiger partial charge >= 0.3 is 0 Å². The van der Waals surface area contributed by atoms with Crippen LogP contribution in [0, 0.1) is 17.8 Å². The van der Waals surface area contributed by atoms with E-state index < -0.39 is 0 Å². The average Bonchev–Trinajstić information content (AvgIpc) is 3.19. The van der Waals surface area contributed by atoms with Crippen molar-refractivity contribution in [1.29, 1.82) is 0 Å². The van der Waals surface area contributed by atoms with E-state index in [0.717, 1.165) is 49.5 Å². The van der Waals surface area contributed by atoms with Crippen molar-refractivity contribution in [3.8, 4) is 0 Å². The van der Waals surface area contributed by atoms with Crippen LogP contribution in [0.1, 0.15) is 23.2 Å². The molecule has 4 heteroatoms. The Morgan fingerprint density at radius 2 is 1.86 bits per heavy atom. The van der Waals surface area contributed by atoms with Crippen molar-refractivity contribution >= 4 is 5.91 Å². The molecule has 0 radical (unpaired) electrons. The van der Waals surface area contributed by atoms with E-state index >= 15 is 0 Å². The molecule has 2 aliphatic carbocycles. The number of aromatic nitrogens is 1. The standard InChI is InChI=1S/C18H23N3O/c22-18(15-3-5-19-6-4-15)21-9-7-20(8-10-21)13-17-12-14-1-2-16(17)11-14/h1-6,14,16-17H,7-13H2/t14-,16+,17+/m1/s1. The Hall–Kier alpha value is -1.68. The van der Waals surface area contributed by atoms with Crippen molar-refractivity contribution in [2.45, 2.75) is 12.8 Å². The van der Waals surface area contributed by atoms with Crippen LogP contribution in [0.5, 0.6) is 0 Å². The maximum absolute atomic E-state index is 12.4. The number of amides is 1. The predicted octanol–water partition coefficient (Wildman–Crippen LogP) is 2.05. The largest absolute Gasteiger partial charge is 0.336 e. The van der Waals surface area contributed by atoms with E-state index in [2.05, 4.69) is 22.0 Å². The molecule has 1 saturated carbocycles. The summed E-state index contributed by atoms with van der Waals surface area (Å²) in [6.07, 6.45) is 11.0. The molecule has 1 amide bonds. The minimum absolute atomic E-state index is 0.143. The fourth-order valence-electron chi connectivity index (χ4n) is 4.25. The van der Waals surface area contributed by atoms with Crippen molar-refractivity contribution in [3.63, 3.8) is 0 Å². The van der Waals surface area contributed by atoms with Crippen LogP contribution in [-0.4, -0.2) is 53.4 Å². The Morgan fingerprint density at radius 1 is 1.09 bits per heavy atom. The van der Waals surface area contributed by atoms with Gasteiger partial charge in [0.15, 0.2) is 0 Å². The summed E-state index contributed by atoms with van der Waals surface area (Å²) >= 11 is 0. The Bertz CT molecular complexity index is 563. The molecular formula is C18H23N3O. The third kappa shape index (κ3) is 2.68.